The van der Waals surface area contributed by atoms with E-state index in [1.807, 2.05) is 24.3 Å². The van der Waals surface area contributed by atoms with Crippen LogP contribution < -0.4 is 11.1 Å². The third-order valence-electron chi connectivity index (χ3n) is 2.35. The fraction of sp³-hybridized carbons (Fsp3) is 0.154. The van der Waals surface area contributed by atoms with Gasteiger partial charge in [0.05, 0.1) is 0 Å². The highest BCUT2D eigenvalue weighted by Gasteiger charge is 1.96. The van der Waals surface area contributed by atoms with Gasteiger partial charge >= 0.3 is 0 Å². The average molecular weight is 213 g/mol. The molecule has 3 nitrogen and oxygen atoms in total. The van der Waals surface area contributed by atoms with E-state index in [2.05, 4.69) is 29.4 Å². The SMILES string of the molecule is Cc1cccc(Nc2ccc(CN)cn2)c1. The summed E-state index contributed by atoms with van der Waals surface area (Å²) in [5, 5.41) is 3.24. The molecule has 0 fully saturated rings. The standard InChI is InChI=1S/C13H15N3/c1-10-3-2-4-12(7-10)16-13-6-5-11(8-14)9-15-13/h2-7,9H,8,14H2,1H3,(H,15,16). The normalized spacial score (nSPS) is 10.1. The Morgan fingerprint density at radius 2 is 2.12 bits per heavy atom. The summed E-state index contributed by atoms with van der Waals surface area (Å²) < 4.78 is 0. The molecule has 16 heavy (non-hydrogen) atoms. The third-order valence-corrected chi connectivity index (χ3v) is 2.35. The van der Waals surface area contributed by atoms with E-state index in [-0.39, 0.29) is 0 Å². The lowest BCUT2D eigenvalue weighted by molar-refractivity contribution is 1.05. The lowest BCUT2D eigenvalue weighted by Crippen LogP contribution is -1.98. The molecule has 1 aromatic heterocycles. The molecule has 0 saturated carbocycles. The van der Waals surface area contributed by atoms with Crippen LogP contribution in [0.25, 0.3) is 0 Å². The Hall–Kier alpha value is -1.87. The Labute approximate surface area is 95.3 Å². The van der Waals surface area contributed by atoms with Crippen molar-refractivity contribution in [3.63, 3.8) is 0 Å². The van der Waals surface area contributed by atoms with Gasteiger partial charge < -0.3 is 11.1 Å². The quantitative estimate of drug-likeness (QED) is 0.824. The van der Waals surface area contributed by atoms with Gasteiger partial charge in [-0.2, -0.15) is 0 Å². The minimum Gasteiger partial charge on any atom is -0.340 e. The van der Waals surface area contributed by atoms with E-state index in [9.17, 15) is 0 Å². The summed E-state index contributed by atoms with van der Waals surface area (Å²) in [6, 6.07) is 12.1. The first-order chi connectivity index (χ1) is 7.78. The molecule has 0 spiro atoms. The zero-order valence-corrected chi connectivity index (χ0v) is 9.27. The van der Waals surface area contributed by atoms with Crippen molar-refractivity contribution in [1.82, 2.24) is 4.98 Å². The van der Waals surface area contributed by atoms with Crippen LogP contribution in [0.15, 0.2) is 42.6 Å². The molecular formula is C13H15N3. The Kier molecular flexibility index (Phi) is 3.17. The number of aromatic nitrogens is 1. The molecule has 1 aromatic carbocycles. The first-order valence-electron chi connectivity index (χ1n) is 5.26. The second kappa shape index (κ2) is 4.77. The first-order valence-corrected chi connectivity index (χ1v) is 5.26. The Morgan fingerprint density at radius 3 is 2.75 bits per heavy atom. The zero-order chi connectivity index (χ0) is 11.4. The Bertz CT molecular complexity index is 463. The number of nitrogens with two attached hydrogens (primary N) is 1. The van der Waals surface area contributed by atoms with E-state index < -0.39 is 0 Å². The van der Waals surface area contributed by atoms with Gasteiger partial charge in [-0.05, 0) is 36.2 Å². The fourth-order valence-electron chi connectivity index (χ4n) is 1.49. The van der Waals surface area contributed by atoms with Crippen LogP contribution in [0.1, 0.15) is 11.1 Å². The molecule has 3 N–H and O–H groups in total. The second-order valence-corrected chi connectivity index (χ2v) is 3.75. The molecular weight excluding hydrogens is 198 g/mol. The summed E-state index contributed by atoms with van der Waals surface area (Å²) in [5.41, 5.74) is 8.82. The third kappa shape index (κ3) is 2.58. The Morgan fingerprint density at radius 1 is 1.25 bits per heavy atom. The predicted molar refractivity (Wildman–Crippen MR) is 66.6 cm³/mol. The fourth-order valence-corrected chi connectivity index (χ4v) is 1.49. The van der Waals surface area contributed by atoms with Crippen LogP contribution in [-0.2, 0) is 6.54 Å². The predicted octanol–water partition coefficient (Wildman–Crippen LogP) is 2.59. The number of rotatable bonds is 3. The second-order valence-electron chi connectivity index (χ2n) is 3.75. The number of nitrogens with one attached hydrogen (secondary N) is 1. The van der Waals surface area contributed by atoms with E-state index in [0.29, 0.717) is 6.54 Å². The lowest BCUT2D eigenvalue weighted by Gasteiger charge is -2.06. The average Bonchev–Trinajstić information content (AvgIpc) is 2.30. The molecule has 3 heteroatoms. The summed E-state index contributed by atoms with van der Waals surface area (Å²) in [6.07, 6.45) is 1.79. The molecule has 0 amide bonds. The van der Waals surface area contributed by atoms with Crippen molar-refractivity contribution < 1.29 is 0 Å². The molecule has 2 aromatic rings. The highest BCUT2D eigenvalue weighted by molar-refractivity contribution is 5.56. The monoisotopic (exact) mass is 213 g/mol. The van der Waals surface area contributed by atoms with Gasteiger partial charge in [0.2, 0.25) is 0 Å². The molecule has 1 heterocycles. The minimum absolute atomic E-state index is 0.526. The van der Waals surface area contributed by atoms with Crippen LogP contribution in [0.3, 0.4) is 0 Å². The number of anilines is 2. The highest BCUT2D eigenvalue weighted by atomic mass is 15.0. The van der Waals surface area contributed by atoms with Crippen molar-refractivity contribution in [3.8, 4) is 0 Å². The molecule has 0 unspecified atom stereocenters. The van der Waals surface area contributed by atoms with E-state index >= 15 is 0 Å². The molecule has 82 valence electrons. The summed E-state index contributed by atoms with van der Waals surface area (Å²) in [5.74, 6) is 0.836. The van der Waals surface area contributed by atoms with Gasteiger partial charge in [0.1, 0.15) is 5.82 Å². The summed E-state index contributed by atoms with van der Waals surface area (Å²) in [4.78, 5) is 4.28. The maximum atomic E-state index is 5.51. The van der Waals surface area contributed by atoms with Gasteiger partial charge in [0.15, 0.2) is 0 Å². The van der Waals surface area contributed by atoms with E-state index in [1.54, 1.807) is 6.20 Å². The van der Waals surface area contributed by atoms with Gasteiger partial charge in [-0.1, -0.05) is 18.2 Å². The summed E-state index contributed by atoms with van der Waals surface area (Å²) >= 11 is 0. The molecule has 0 saturated heterocycles. The van der Waals surface area contributed by atoms with E-state index in [4.69, 9.17) is 5.73 Å². The maximum absolute atomic E-state index is 5.51. The van der Waals surface area contributed by atoms with Crippen LogP contribution in [0.5, 0.6) is 0 Å². The van der Waals surface area contributed by atoms with Gasteiger partial charge in [-0.15, -0.1) is 0 Å². The van der Waals surface area contributed by atoms with Crippen LogP contribution >= 0.6 is 0 Å². The topological polar surface area (TPSA) is 50.9 Å². The number of hydrogen-bond donors (Lipinski definition) is 2. The van der Waals surface area contributed by atoms with Crippen LogP contribution in [0.2, 0.25) is 0 Å². The first kappa shape index (κ1) is 10.6. The van der Waals surface area contributed by atoms with Crippen LogP contribution in [-0.4, -0.2) is 4.98 Å². The summed E-state index contributed by atoms with van der Waals surface area (Å²) in [6.45, 7) is 2.59. The van der Waals surface area contributed by atoms with Crippen LogP contribution in [0, 0.1) is 6.92 Å². The van der Waals surface area contributed by atoms with Crippen molar-refractivity contribution in [3.05, 3.63) is 53.7 Å². The molecule has 0 radical (unpaired) electrons. The lowest BCUT2D eigenvalue weighted by atomic mass is 10.2. The van der Waals surface area contributed by atoms with Crippen molar-refractivity contribution in [2.45, 2.75) is 13.5 Å². The summed E-state index contributed by atoms with van der Waals surface area (Å²) in [7, 11) is 0. The van der Waals surface area contributed by atoms with Gasteiger partial charge in [0.25, 0.3) is 0 Å². The van der Waals surface area contributed by atoms with E-state index in [1.165, 1.54) is 5.56 Å². The minimum atomic E-state index is 0.526. The van der Waals surface area contributed by atoms with Gasteiger partial charge in [0, 0.05) is 18.4 Å². The number of aryl methyl sites for hydroxylation is 1. The van der Waals surface area contributed by atoms with E-state index in [0.717, 1.165) is 17.1 Å². The number of nitrogens with zero attached hydrogens (tertiary/aromatic N) is 1. The zero-order valence-electron chi connectivity index (χ0n) is 9.27. The smallest absolute Gasteiger partial charge is 0.130 e. The molecule has 0 aliphatic rings. The van der Waals surface area contributed by atoms with Crippen molar-refractivity contribution in [1.29, 1.82) is 0 Å². The van der Waals surface area contributed by atoms with Gasteiger partial charge in [-0.25, -0.2) is 4.98 Å². The van der Waals surface area contributed by atoms with Crippen LogP contribution in [0.4, 0.5) is 11.5 Å². The highest BCUT2D eigenvalue weighted by Crippen LogP contribution is 2.15. The Balaban J connectivity index is 2.14. The van der Waals surface area contributed by atoms with Gasteiger partial charge in [-0.3, -0.25) is 0 Å². The van der Waals surface area contributed by atoms with Crippen molar-refractivity contribution in [2.24, 2.45) is 5.73 Å². The molecule has 0 aliphatic carbocycles. The van der Waals surface area contributed by atoms with Crippen molar-refractivity contribution >= 4 is 11.5 Å². The largest absolute Gasteiger partial charge is 0.340 e. The van der Waals surface area contributed by atoms with Crippen molar-refractivity contribution in [2.75, 3.05) is 5.32 Å². The molecule has 2 rings (SSSR count). The number of benzene rings is 1. The maximum Gasteiger partial charge on any atom is 0.130 e. The number of hydrogen-bond acceptors (Lipinski definition) is 3. The molecule has 0 atom stereocenters. The molecule has 0 aliphatic heterocycles. The number of pyridine rings is 1. The molecule has 0 bridgehead atoms.